The summed E-state index contributed by atoms with van der Waals surface area (Å²) in [4.78, 5) is 19.0. The van der Waals surface area contributed by atoms with E-state index in [9.17, 15) is 4.79 Å². The summed E-state index contributed by atoms with van der Waals surface area (Å²) in [7, 11) is 0. The van der Waals surface area contributed by atoms with Crippen LogP contribution >= 0.6 is 0 Å². The first kappa shape index (κ1) is 9.41. The zero-order valence-corrected chi connectivity index (χ0v) is 9.31. The molecule has 18 heavy (non-hydrogen) atoms. The van der Waals surface area contributed by atoms with E-state index >= 15 is 0 Å². The van der Waals surface area contributed by atoms with Gasteiger partial charge in [-0.3, -0.25) is 4.79 Å². The predicted octanol–water partition coefficient (Wildman–Crippen LogP) is 2.82. The van der Waals surface area contributed by atoms with E-state index in [1.165, 1.54) is 0 Å². The quantitative estimate of drug-likeness (QED) is 0.510. The minimum Gasteiger partial charge on any atom is -0.435 e. The minimum absolute atomic E-state index is 0.107. The normalized spacial score (nSPS) is 11.6. The molecule has 4 aromatic rings. The molecule has 0 saturated heterocycles. The Balaban J connectivity index is 2.40. The van der Waals surface area contributed by atoms with Crippen molar-refractivity contribution in [1.29, 1.82) is 0 Å². The highest BCUT2D eigenvalue weighted by Gasteiger charge is 2.12. The van der Waals surface area contributed by atoms with Gasteiger partial charge in [0.25, 0.3) is 5.56 Å². The van der Waals surface area contributed by atoms with Gasteiger partial charge in [0.15, 0.2) is 5.58 Å². The Morgan fingerprint density at radius 2 is 1.78 bits per heavy atom. The van der Waals surface area contributed by atoms with Crippen LogP contribution in [0.2, 0.25) is 0 Å². The molecule has 3 heterocycles. The van der Waals surface area contributed by atoms with Gasteiger partial charge in [0.05, 0.1) is 16.3 Å². The molecule has 1 aromatic carbocycles. The van der Waals surface area contributed by atoms with E-state index in [0.29, 0.717) is 22.2 Å². The SMILES string of the molecule is O=c1[nH]c2c3cccnc3oc2c2ccccc12. The smallest absolute Gasteiger partial charge is 0.256 e. The number of nitrogens with zero attached hydrogens (tertiary/aromatic N) is 1. The third kappa shape index (κ3) is 1.09. The summed E-state index contributed by atoms with van der Waals surface area (Å²) in [5.74, 6) is 0. The van der Waals surface area contributed by atoms with Gasteiger partial charge in [0.2, 0.25) is 5.71 Å². The molecule has 86 valence electrons. The van der Waals surface area contributed by atoms with Crippen molar-refractivity contribution >= 4 is 33.0 Å². The predicted molar refractivity (Wildman–Crippen MR) is 69.6 cm³/mol. The lowest BCUT2D eigenvalue weighted by Gasteiger charge is -1.96. The second kappa shape index (κ2) is 3.20. The van der Waals surface area contributed by atoms with Crippen LogP contribution in [0.5, 0.6) is 0 Å². The van der Waals surface area contributed by atoms with Crippen molar-refractivity contribution in [1.82, 2.24) is 9.97 Å². The average Bonchev–Trinajstić information content (AvgIpc) is 2.78. The number of fused-ring (bicyclic) bond motifs is 5. The minimum atomic E-state index is -0.107. The van der Waals surface area contributed by atoms with Crippen molar-refractivity contribution in [2.75, 3.05) is 0 Å². The van der Waals surface area contributed by atoms with Gasteiger partial charge < -0.3 is 9.40 Å². The molecule has 4 nitrogen and oxygen atoms in total. The highest BCUT2D eigenvalue weighted by atomic mass is 16.3. The van der Waals surface area contributed by atoms with Crippen LogP contribution in [0.15, 0.2) is 51.8 Å². The number of H-pyrrole nitrogens is 1. The molecule has 0 unspecified atom stereocenters. The molecule has 0 amide bonds. The van der Waals surface area contributed by atoms with E-state index in [1.807, 2.05) is 30.3 Å². The number of hydrogen-bond acceptors (Lipinski definition) is 3. The van der Waals surface area contributed by atoms with Gasteiger partial charge in [-0.2, -0.15) is 0 Å². The Labute approximate surface area is 101 Å². The van der Waals surface area contributed by atoms with E-state index in [4.69, 9.17) is 4.42 Å². The molecule has 0 saturated carbocycles. The topological polar surface area (TPSA) is 58.9 Å². The van der Waals surface area contributed by atoms with E-state index in [1.54, 1.807) is 12.3 Å². The molecule has 0 fully saturated rings. The van der Waals surface area contributed by atoms with Crippen LogP contribution in [-0.2, 0) is 0 Å². The van der Waals surface area contributed by atoms with Crippen molar-refractivity contribution in [3.05, 3.63) is 52.9 Å². The molecule has 4 heteroatoms. The Morgan fingerprint density at radius 1 is 1.00 bits per heavy atom. The fourth-order valence-corrected chi connectivity index (χ4v) is 2.31. The summed E-state index contributed by atoms with van der Waals surface area (Å²) in [5, 5.41) is 2.27. The number of rotatable bonds is 0. The van der Waals surface area contributed by atoms with Crippen molar-refractivity contribution in [2.45, 2.75) is 0 Å². The van der Waals surface area contributed by atoms with Crippen LogP contribution in [0, 0.1) is 0 Å². The first-order valence-electron chi connectivity index (χ1n) is 5.63. The molecule has 1 N–H and O–H groups in total. The number of aromatic amines is 1. The highest BCUT2D eigenvalue weighted by molar-refractivity contribution is 6.11. The fraction of sp³-hybridized carbons (Fsp3) is 0. The number of benzene rings is 1. The number of nitrogens with one attached hydrogen (secondary N) is 1. The van der Waals surface area contributed by atoms with Crippen molar-refractivity contribution in [2.24, 2.45) is 0 Å². The van der Waals surface area contributed by atoms with Crippen molar-refractivity contribution in [3.8, 4) is 0 Å². The third-order valence-electron chi connectivity index (χ3n) is 3.12. The van der Waals surface area contributed by atoms with Gasteiger partial charge in [-0.1, -0.05) is 18.2 Å². The van der Waals surface area contributed by atoms with Crippen LogP contribution in [0.1, 0.15) is 0 Å². The van der Waals surface area contributed by atoms with Crippen LogP contribution in [-0.4, -0.2) is 9.97 Å². The number of pyridine rings is 2. The summed E-state index contributed by atoms with van der Waals surface area (Å²) in [6.07, 6.45) is 1.67. The van der Waals surface area contributed by atoms with Crippen molar-refractivity contribution in [3.63, 3.8) is 0 Å². The first-order chi connectivity index (χ1) is 8.84. The maximum Gasteiger partial charge on any atom is 0.256 e. The fourth-order valence-electron chi connectivity index (χ4n) is 2.31. The van der Waals surface area contributed by atoms with E-state index in [-0.39, 0.29) is 5.56 Å². The van der Waals surface area contributed by atoms with Gasteiger partial charge in [0, 0.05) is 11.6 Å². The van der Waals surface area contributed by atoms with Gasteiger partial charge in [-0.15, -0.1) is 0 Å². The van der Waals surface area contributed by atoms with E-state index in [0.717, 1.165) is 10.8 Å². The Hall–Kier alpha value is -2.62. The van der Waals surface area contributed by atoms with Crippen LogP contribution in [0.4, 0.5) is 0 Å². The molecule has 0 aliphatic heterocycles. The average molecular weight is 236 g/mol. The monoisotopic (exact) mass is 236 g/mol. The zero-order chi connectivity index (χ0) is 12.1. The molecule has 0 bridgehead atoms. The molecule has 0 atom stereocenters. The largest absolute Gasteiger partial charge is 0.435 e. The lowest BCUT2D eigenvalue weighted by molar-refractivity contribution is 0.657. The summed E-state index contributed by atoms with van der Waals surface area (Å²) in [6.45, 7) is 0. The Bertz CT molecular complexity index is 950. The molecule has 0 aliphatic rings. The molecule has 0 aliphatic carbocycles. The lowest BCUT2D eigenvalue weighted by atomic mass is 10.1. The molecular formula is C14H8N2O2. The summed E-state index contributed by atoms with van der Waals surface area (Å²) >= 11 is 0. The van der Waals surface area contributed by atoms with Crippen LogP contribution in [0.25, 0.3) is 33.0 Å². The number of hydrogen-bond donors (Lipinski definition) is 1. The second-order valence-electron chi connectivity index (χ2n) is 4.16. The van der Waals surface area contributed by atoms with Crippen LogP contribution in [0.3, 0.4) is 0 Å². The highest BCUT2D eigenvalue weighted by Crippen LogP contribution is 2.29. The summed E-state index contributed by atoms with van der Waals surface area (Å²) < 4.78 is 5.74. The molecule has 4 rings (SSSR count). The third-order valence-corrected chi connectivity index (χ3v) is 3.12. The van der Waals surface area contributed by atoms with Gasteiger partial charge in [-0.05, 0) is 18.2 Å². The Kier molecular flexibility index (Phi) is 1.67. The maximum absolute atomic E-state index is 12.0. The van der Waals surface area contributed by atoms with Crippen LogP contribution < -0.4 is 5.56 Å². The van der Waals surface area contributed by atoms with Gasteiger partial charge >= 0.3 is 0 Å². The summed E-state index contributed by atoms with van der Waals surface area (Å²) in [6, 6.07) is 11.1. The molecule has 0 radical (unpaired) electrons. The molecule has 3 aromatic heterocycles. The van der Waals surface area contributed by atoms with E-state index in [2.05, 4.69) is 9.97 Å². The lowest BCUT2D eigenvalue weighted by Crippen LogP contribution is -2.05. The summed E-state index contributed by atoms with van der Waals surface area (Å²) in [5.41, 5.74) is 1.82. The second-order valence-corrected chi connectivity index (χ2v) is 4.16. The maximum atomic E-state index is 12.0. The Morgan fingerprint density at radius 3 is 2.67 bits per heavy atom. The standard InChI is InChI=1S/C14H8N2O2/c17-13-9-5-2-1-4-8(9)12-11(16-13)10-6-3-7-15-14(10)18-12/h1-7H,(H,16,17). The van der Waals surface area contributed by atoms with Gasteiger partial charge in [-0.25, -0.2) is 4.98 Å². The van der Waals surface area contributed by atoms with E-state index < -0.39 is 0 Å². The number of aromatic nitrogens is 2. The molecular weight excluding hydrogens is 228 g/mol. The first-order valence-corrected chi connectivity index (χ1v) is 5.63. The van der Waals surface area contributed by atoms with Gasteiger partial charge in [0.1, 0.15) is 0 Å². The zero-order valence-electron chi connectivity index (χ0n) is 9.31. The van der Waals surface area contributed by atoms with Crippen molar-refractivity contribution < 1.29 is 4.42 Å². The molecule has 0 spiro atoms. The number of furan rings is 1.